The molecule has 1 aromatic carbocycles. The van der Waals surface area contributed by atoms with E-state index in [9.17, 15) is 19.6 Å². The fraction of sp³-hybridized carbons (Fsp3) is 0.421. The quantitative estimate of drug-likeness (QED) is 0.708. The monoisotopic (exact) mass is 368 g/mol. The van der Waals surface area contributed by atoms with Crippen molar-refractivity contribution in [3.05, 3.63) is 40.4 Å². The first-order chi connectivity index (χ1) is 12.9. The molecule has 0 unspecified atom stereocenters. The van der Waals surface area contributed by atoms with Crippen LogP contribution in [0.4, 0.5) is 0 Å². The zero-order valence-electron chi connectivity index (χ0n) is 14.9. The Kier molecular flexibility index (Phi) is 5.21. The molecule has 0 aliphatic heterocycles. The van der Waals surface area contributed by atoms with Crippen LogP contribution in [0.25, 0.3) is 10.9 Å². The van der Waals surface area contributed by atoms with Gasteiger partial charge in [0.15, 0.2) is 6.61 Å². The Bertz CT molecular complexity index is 974. The first-order valence-electron chi connectivity index (χ1n) is 8.77. The molecule has 1 aromatic heterocycles. The number of aromatic amines is 1. The summed E-state index contributed by atoms with van der Waals surface area (Å²) in [6.07, 6.45) is 1.98. The third-order valence-electron chi connectivity index (χ3n) is 4.62. The van der Waals surface area contributed by atoms with E-state index < -0.39 is 24.0 Å². The Hall–Kier alpha value is -3.21. The van der Waals surface area contributed by atoms with Gasteiger partial charge in [-0.2, -0.15) is 5.26 Å². The number of nitrogens with zero attached hydrogens (tertiary/aromatic N) is 2. The Morgan fingerprint density at radius 1 is 1.41 bits per heavy atom. The number of ether oxygens (including phenoxy) is 1. The minimum Gasteiger partial charge on any atom is -0.456 e. The number of amides is 1. The van der Waals surface area contributed by atoms with E-state index in [-0.39, 0.29) is 24.3 Å². The number of hydrogen-bond donors (Lipinski definition) is 2. The zero-order chi connectivity index (χ0) is 19.4. The van der Waals surface area contributed by atoms with E-state index in [1.807, 2.05) is 0 Å². The van der Waals surface area contributed by atoms with Gasteiger partial charge in [-0.3, -0.25) is 14.4 Å². The van der Waals surface area contributed by atoms with E-state index in [1.54, 1.807) is 31.2 Å². The third-order valence-corrected chi connectivity index (χ3v) is 4.62. The van der Waals surface area contributed by atoms with Crippen molar-refractivity contribution in [2.75, 3.05) is 6.61 Å². The Morgan fingerprint density at radius 3 is 2.85 bits per heavy atom. The summed E-state index contributed by atoms with van der Waals surface area (Å²) in [6, 6.07) is 9.04. The molecular weight excluding hydrogens is 348 g/mol. The van der Waals surface area contributed by atoms with Crippen LogP contribution in [0.3, 0.4) is 0 Å². The highest BCUT2D eigenvalue weighted by Gasteiger charge is 2.43. The van der Waals surface area contributed by atoms with Crippen LogP contribution in [0.2, 0.25) is 0 Å². The number of aryl methyl sites for hydroxylation is 1. The lowest BCUT2D eigenvalue weighted by atomic mass is 9.98. The summed E-state index contributed by atoms with van der Waals surface area (Å²) in [5.41, 5.74) is -0.628. The number of benzene rings is 1. The van der Waals surface area contributed by atoms with Crippen LogP contribution in [0, 0.1) is 17.2 Å². The van der Waals surface area contributed by atoms with Gasteiger partial charge < -0.3 is 15.0 Å². The minimum atomic E-state index is -0.919. The number of carbonyl (C=O) groups excluding carboxylic acids is 2. The molecule has 0 spiro atoms. The molecule has 1 saturated carbocycles. The number of H-pyrrole nitrogens is 1. The summed E-state index contributed by atoms with van der Waals surface area (Å²) in [4.78, 5) is 42.7. The number of esters is 1. The zero-order valence-corrected chi connectivity index (χ0v) is 14.9. The molecule has 140 valence electrons. The van der Waals surface area contributed by atoms with Crippen LogP contribution in [0.15, 0.2) is 29.1 Å². The number of hydrogen-bond acceptors (Lipinski definition) is 6. The number of nitrogens with one attached hydrogen (secondary N) is 2. The van der Waals surface area contributed by atoms with Crippen molar-refractivity contribution in [2.24, 2.45) is 5.92 Å². The third kappa shape index (κ3) is 4.50. The molecule has 0 bridgehead atoms. The molecule has 2 N–H and O–H groups in total. The molecule has 1 aliphatic carbocycles. The Morgan fingerprint density at radius 2 is 2.15 bits per heavy atom. The van der Waals surface area contributed by atoms with Gasteiger partial charge in [-0.25, -0.2) is 4.98 Å². The average molecular weight is 368 g/mol. The second-order valence-electron chi connectivity index (χ2n) is 6.83. The van der Waals surface area contributed by atoms with Crippen molar-refractivity contribution in [1.29, 1.82) is 5.26 Å². The van der Waals surface area contributed by atoms with Gasteiger partial charge in [0.2, 0.25) is 0 Å². The fourth-order valence-corrected chi connectivity index (χ4v) is 2.90. The fourth-order valence-electron chi connectivity index (χ4n) is 2.90. The van der Waals surface area contributed by atoms with Crippen LogP contribution in [0.5, 0.6) is 0 Å². The van der Waals surface area contributed by atoms with Crippen LogP contribution >= 0.6 is 0 Å². The van der Waals surface area contributed by atoms with Gasteiger partial charge >= 0.3 is 5.97 Å². The molecule has 3 rings (SSSR count). The van der Waals surface area contributed by atoms with E-state index in [4.69, 9.17) is 4.74 Å². The predicted molar refractivity (Wildman–Crippen MR) is 96.5 cm³/mol. The maximum absolute atomic E-state index is 12.0. The first-order valence-corrected chi connectivity index (χ1v) is 8.77. The number of aromatic nitrogens is 2. The maximum Gasteiger partial charge on any atom is 0.306 e. The molecule has 1 amide bonds. The Balaban J connectivity index is 1.49. The molecule has 1 fully saturated rings. The normalized spacial score (nSPS) is 15.6. The molecule has 0 radical (unpaired) electrons. The molecule has 8 nitrogen and oxygen atoms in total. The smallest absolute Gasteiger partial charge is 0.306 e. The van der Waals surface area contributed by atoms with Gasteiger partial charge in [0.1, 0.15) is 11.4 Å². The SMILES string of the molecule is C[C@@](C#N)(NC(=O)COC(=O)CCc1nc2ccccc2c(=O)[nH]1)C1CC1. The molecule has 1 atom stereocenters. The summed E-state index contributed by atoms with van der Waals surface area (Å²) < 4.78 is 4.95. The van der Waals surface area contributed by atoms with Gasteiger partial charge in [0.05, 0.1) is 23.4 Å². The van der Waals surface area contributed by atoms with Gasteiger partial charge in [-0.1, -0.05) is 12.1 Å². The standard InChI is InChI=1S/C19H20N4O4/c1-19(11-20,12-6-7-12)23-16(24)10-27-17(25)9-8-15-21-14-5-3-2-4-13(14)18(26)22-15/h2-5,12H,6-10H2,1H3,(H,23,24)(H,21,22,26)/t19-/m0/s1. The number of nitriles is 1. The lowest BCUT2D eigenvalue weighted by Gasteiger charge is -2.22. The summed E-state index contributed by atoms with van der Waals surface area (Å²) in [5, 5.41) is 12.3. The highest BCUT2D eigenvalue weighted by molar-refractivity contribution is 5.81. The molecular formula is C19H20N4O4. The Labute approximate surface area is 155 Å². The van der Waals surface area contributed by atoms with Crippen molar-refractivity contribution >= 4 is 22.8 Å². The van der Waals surface area contributed by atoms with E-state index in [1.165, 1.54) is 0 Å². The van der Waals surface area contributed by atoms with Crippen molar-refractivity contribution in [2.45, 2.75) is 38.1 Å². The van der Waals surface area contributed by atoms with Crippen LogP contribution < -0.4 is 10.9 Å². The summed E-state index contributed by atoms with van der Waals surface area (Å²) >= 11 is 0. The lowest BCUT2D eigenvalue weighted by Crippen LogP contribution is -2.48. The number of rotatable bonds is 7. The van der Waals surface area contributed by atoms with Crippen molar-refractivity contribution in [1.82, 2.24) is 15.3 Å². The van der Waals surface area contributed by atoms with Gasteiger partial charge in [0, 0.05) is 6.42 Å². The minimum absolute atomic E-state index is 0.0211. The topological polar surface area (TPSA) is 125 Å². The molecule has 2 aromatic rings. The van der Waals surface area contributed by atoms with E-state index in [0.29, 0.717) is 16.7 Å². The van der Waals surface area contributed by atoms with Crippen LogP contribution in [-0.2, 0) is 20.7 Å². The van der Waals surface area contributed by atoms with E-state index in [2.05, 4.69) is 21.4 Å². The van der Waals surface area contributed by atoms with Crippen LogP contribution in [0.1, 0.15) is 32.0 Å². The molecule has 1 aliphatic rings. The van der Waals surface area contributed by atoms with Crippen LogP contribution in [-0.4, -0.2) is 34.0 Å². The largest absolute Gasteiger partial charge is 0.456 e. The van der Waals surface area contributed by atoms with Gasteiger partial charge in [-0.05, 0) is 37.8 Å². The predicted octanol–water partition coefficient (Wildman–Crippen LogP) is 1.21. The van der Waals surface area contributed by atoms with E-state index in [0.717, 1.165) is 12.8 Å². The number of fused-ring (bicyclic) bond motifs is 1. The number of carbonyl (C=O) groups is 2. The summed E-state index contributed by atoms with van der Waals surface area (Å²) in [6.45, 7) is 1.23. The highest BCUT2D eigenvalue weighted by Crippen LogP contribution is 2.39. The highest BCUT2D eigenvalue weighted by atomic mass is 16.5. The number of para-hydroxylation sites is 1. The van der Waals surface area contributed by atoms with Crippen molar-refractivity contribution in [3.63, 3.8) is 0 Å². The molecule has 0 saturated heterocycles. The molecule has 8 heteroatoms. The second kappa shape index (κ2) is 7.58. The average Bonchev–Trinajstić information content (AvgIpc) is 3.50. The van der Waals surface area contributed by atoms with Crippen molar-refractivity contribution in [3.8, 4) is 6.07 Å². The second-order valence-corrected chi connectivity index (χ2v) is 6.83. The van der Waals surface area contributed by atoms with Gasteiger partial charge in [0.25, 0.3) is 11.5 Å². The molecule has 27 heavy (non-hydrogen) atoms. The summed E-state index contributed by atoms with van der Waals surface area (Å²) in [5.74, 6) is -0.550. The van der Waals surface area contributed by atoms with E-state index >= 15 is 0 Å². The summed E-state index contributed by atoms with van der Waals surface area (Å²) in [7, 11) is 0. The van der Waals surface area contributed by atoms with Gasteiger partial charge in [-0.15, -0.1) is 0 Å². The lowest BCUT2D eigenvalue weighted by molar-refractivity contribution is -0.148. The molecule has 1 heterocycles. The maximum atomic E-state index is 12.0. The first kappa shape index (κ1) is 18.6. The van der Waals surface area contributed by atoms with Crippen molar-refractivity contribution < 1.29 is 14.3 Å².